The van der Waals surface area contributed by atoms with E-state index in [-0.39, 0.29) is 17.8 Å². The van der Waals surface area contributed by atoms with Gasteiger partial charge in [-0.15, -0.1) is 0 Å². The number of hydrogen-bond donors (Lipinski definition) is 2. The van der Waals surface area contributed by atoms with Gasteiger partial charge in [0.2, 0.25) is 5.95 Å². The maximum absolute atomic E-state index is 14.1. The van der Waals surface area contributed by atoms with Gasteiger partial charge in [0.1, 0.15) is 5.82 Å². The quantitative estimate of drug-likeness (QED) is 0.634. The molecule has 0 aliphatic carbocycles. The van der Waals surface area contributed by atoms with E-state index >= 15 is 0 Å². The zero-order valence-corrected chi connectivity index (χ0v) is 17.5. The molecule has 1 unspecified atom stereocenters. The molecule has 2 aromatic carbocycles. The summed E-state index contributed by atoms with van der Waals surface area (Å²) in [5.41, 5.74) is 3.05. The first-order chi connectivity index (χ1) is 15.1. The number of anilines is 2. The Balaban J connectivity index is 1.37. The Morgan fingerprint density at radius 3 is 2.90 bits per heavy atom. The third-order valence-electron chi connectivity index (χ3n) is 5.38. The summed E-state index contributed by atoms with van der Waals surface area (Å²) in [6.07, 6.45) is 3.49. The third kappa shape index (κ3) is 5.36. The molecule has 2 heterocycles. The molecule has 160 valence electrons. The number of aryl methyl sites for hydroxylation is 1. The number of piperidine rings is 1. The molecule has 2 N–H and O–H groups in total. The van der Waals surface area contributed by atoms with Gasteiger partial charge in [0.15, 0.2) is 0 Å². The van der Waals surface area contributed by atoms with Crippen LogP contribution < -0.4 is 15.5 Å². The van der Waals surface area contributed by atoms with Crippen LogP contribution in [-0.4, -0.2) is 35.0 Å². The highest BCUT2D eigenvalue weighted by molar-refractivity contribution is 5.94. The summed E-state index contributed by atoms with van der Waals surface area (Å²) in [5.74, 6) is 0.214. The Hall–Kier alpha value is -3.48. The molecule has 1 saturated heterocycles. The van der Waals surface area contributed by atoms with Crippen LogP contribution in [0.4, 0.5) is 16.0 Å². The number of hydrogen-bond acceptors (Lipinski definition) is 5. The van der Waals surface area contributed by atoms with Crippen molar-refractivity contribution in [1.82, 2.24) is 15.3 Å². The van der Waals surface area contributed by atoms with Crippen molar-refractivity contribution in [2.24, 2.45) is 0 Å². The van der Waals surface area contributed by atoms with Crippen LogP contribution in [0.3, 0.4) is 0 Å². The molecule has 0 radical (unpaired) electrons. The van der Waals surface area contributed by atoms with E-state index in [9.17, 15) is 9.18 Å². The average Bonchev–Trinajstić information content (AvgIpc) is 2.78. The highest BCUT2D eigenvalue weighted by atomic mass is 19.1. The molecular weight excluding hydrogens is 393 g/mol. The van der Waals surface area contributed by atoms with Crippen LogP contribution in [0.1, 0.15) is 34.5 Å². The molecule has 1 aliphatic heterocycles. The van der Waals surface area contributed by atoms with E-state index < -0.39 is 0 Å². The summed E-state index contributed by atoms with van der Waals surface area (Å²) in [6.45, 7) is 3.82. The number of nitrogens with one attached hydrogen (secondary N) is 2. The predicted octanol–water partition coefficient (Wildman–Crippen LogP) is 3.94. The summed E-state index contributed by atoms with van der Waals surface area (Å²) in [7, 11) is 0. The first-order valence-electron chi connectivity index (χ1n) is 10.5. The van der Waals surface area contributed by atoms with E-state index in [0.717, 1.165) is 30.6 Å². The highest BCUT2D eigenvalue weighted by Gasteiger charge is 2.23. The Morgan fingerprint density at radius 1 is 1.19 bits per heavy atom. The van der Waals surface area contributed by atoms with Crippen LogP contribution >= 0.6 is 0 Å². The number of para-hydroxylation sites is 1. The topological polar surface area (TPSA) is 70.2 Å². The summed E-state index contributed by atoms with van der Waals surface area (Å²) in [5, 5.41) is 6.30. The number of carbonyl (C=O) groups excluding carboxylic acids is 1. The molecule has 31 heavy (non-hydrogen) atoms. The molecule has 1 aliphatic rings. The van der Waals surface area contributed by atoms with Crippen molar-refractivity contribution in [2.45, 2.75) is 32.4 Å². The Bertz CT molecular complexity index is 1060. The van der Waals surface area contributed by atoms with E-state index in [1.165, 1.54) is 6.07 Å². The van der Waals surface area contributed by atoms with Gasteiger partial charge < -0.3 is 15.5 Å². The van der Waals surface area contributed by atoms with Crippen LogP contribution in [-0.2, 0) is 6.54 Å². The summed E-state index contributed by atoms with van der Waals surface area (Å²) >= 11 is 0. The molecule has 0 spiro atoms. The van der Waals surface area contributed by atoms with E-state index in [2.05, 4.69) is 20.6 Å². The Morgan fingerprint density at radius 2 is 2.06 bits per heavy atom. The van der Waals surface area contributed by atoms with Crippen LogP contribution in [0.2, 0.25) is 0 Å². The van der Waals surface area contributed by atoms with E-state index in [0.29, 0.717) is 30.3 Å². The smallest absolute Gasteiger partial charge is 0.251 e. The van der Waals surface area contributed by atoms with Crippen molar-refractivity contribution in [3.05, 3.63) is 83.4 Å². The van der Waals surface area contributed by atoms with Crippen molar-refractivity contribution in [1.29, 1.82) is 0 Å². The van der Waals surface area contributed by atoms with E-state index in [1.807, 2.05) is 42.2 Å². The largest absolute Gasteiger partial charge is 0.367 e. The summed E-state index contributed by atoms with van der Waals surface area (Å²) in [4.78, 5) is 23.4. The predicted molar refractivity (Wildman–Crippen MR) is 120 cm³/mol. The Labute approximate surface area is 181 Å². The molecule has 1 amide bonds. The minimum Gasteiger partial charge on any atom is -0.367 e. The van der Waals surface area contributed by atoms with Gasteiger partial charge in [-0.25, -0.2) is 14.4 Å². The number of halogens is 1. The van der Waals surface area contributed by atoms with Gasteiger partial charge >= 0.3 is 0 Å². The second kappa shape index (κ2) is 9.55. The highest BCUT2D eigenvalue weighted by Crippen LogP contribution is 2.23. The summed E-state index contributed by atoms with van der Waals surface area (Å²) in [6, 6.07) is 16.1. The molecule has 0 saturated carbocycles. The van der Waals surface area contributed by atoms with Gasteiger partial charge in [-0.05, 0) is 55.7 Å². The van der Waals surface area contributed by atoms with E-state index in [1.54, 1.807) is 24.4 Å². The molecule has 1 aromatic heterocycles. The molecule has 4 rings (SSSR count). The zero-order chi connectivity index (χ0) is 21.6. The van der Waals surface area contributed by atoms with Gasteiger partial charge in [0, 0.05) is 43.1 Å². The van der Waals surface area contributed by atoms with Crippen molar-refractivity contribution < 1.29 is 9.18 Å². The van der Waals surface area contributed by atoms with Crippen LogP contribution in [0, 0.1) is 12.7 Å². The number of aromatic nitrogens is 2. The second-order valence-corrected chi connectivity index (χ2v) is 7.79. The standard InChI is InChI=1S/C24H26FN5O/c1-17-11-12-26-24(28-17)27-15-18-6-4-7-19(14-18)23(31)29-20-8-5-13-30(16-20)22-10-3-2-9-21(22)25/h2-4,6-7,9-12,14,20H,5,8,13,15-16H2,1H3,(H,29,31)(H,26,27,28). The fourth-order valence-electron chi connectivity index (χ4n) is 3.83. The normalized spacial score (nSPS) is 16.1. The van der Waals surface area contributed by atoms with Crippen molar-refractivity contribution in [3.8, 4) is 0 Å². The van der Waals surface area contributed by atoms with Gasteiger partial charge in [0.25, 0.3) is 5.91 Å². The lowest BCUT2D eigenvalue weighted by atomic mass is 10.0. The fourth-order valence-corrected chi connectivity index (χ4v) is 3.83. The maximum Gasteiger partial charge on any atom is 0.251 e. The van der Waals surface area contributed by atoms with Crippen LogP contribution in [0.25, 0.3) is 0 Å². The summed E-state index contributed by atoms with van der Waals surface area (Å²) < 4.78 is 14.1. The van der Waals surface area contributed by atoms with E-state index in [4.69, 9.17) is 0 Å². The molecule has 3 aromatic rings. The maximum atomic E-state index is 14.1. The SMILES string of the molecule is Cc1ccnc(NCc2cccc(C(=O)NC3CCCN(c4ccccc4F)C3)c2)n1. The minimum absolute atomic E-state index is 0.0247. The minimum atomic E-state index is -0.229. The van der Waals surface area contributed by atoms with Gasteiger partial charge in [0.05, 0.1) is 5.69 Å². The Kier molecular flexibility index (Phi) is 6.40. The van der Waals surface area contributed by atoms with Gasteiger partial charge in [-0.1, -0.05) is 24.3 Å². The van der Waals surface area contributed by atoms with Gasteiger partial charge in [-0.3, -0.25) is 4.79 Å². The monoisotopic (exact) mass is 419 g/mol. The average molecular weight is 420 g/mol. The molecule has 0 bridgehead atoms. The molecule has 7 heteroatoms. The molecule has 1 atom stereocenters. The number of benzene rings is 2. The van der Waals surface area contributed by atoms with Crippen LogP contribution in [0.5, 0.6) is 0 Å². The second-order valence-electron chi connectivity index (χ2n) is 7.79. The lowest BCUT2D eigenvalue weighted by Gasteiger charge is -2.35. The number of carbonyl (C=O) groups is 1. The molecular formula is C24H26FN5O. The first-order valence-corrected chi connectivity index (χ1v) is 10.5. The fraction of sp³-hybridized carbons (Fsp3) is 0.292. The number of rotatable bonds is 6. The first kappa shape index (κ1) is 20.8. The zero-order valence-electron chi connectivity index (χ0n) is 17.5. The third-order valence-corrected chi connectivity index (χ3v) is 5.38. The number of nitrogens with zero attached hydrogens (tertiary/aromatic N) is 3. The lowest BCUT2D eigenvalue weighted by molar-refractivity contribution is 0.0933. The van der Waals surface area contributed by atoms with Crippen molar-refractivity contribution >= 4 is 17.5 Å². The van der Waals surface area contributed by atoms with Crippen molar-refractivity contribution in [2.75, 3.05) is 23.3 Å². The van der Waals surface area contributed by atoms with Gasteiger partial charge in [-0.2, -0.15) is 0 Å². The van der Waals surface area contributed by atoms with Crippen LogP contribution in [0.15, 0.2) is 60.8 Å². The molecule has 6 nitrogen and oxygen atoms in total. The number of amides is 1. The molecule has 1 fully saturated rings. The van der Waals surface area contributed by atoms with Crippen molar-refractivity contribution in [3.63, 3.8) is 0 Å². The lowest BCUT2D eigenvalue weighted by Crippen LogP contribution is -2.48.